The van der Waals surface area contributed by atoms with Crippen LogP contribution in [0.5, 0.6) is 0 Å². The van der Waals surface area contributed by atoms with Crippen molar-refractivity contribution in [3.8, 4) is 22.0 Å². The van der Waals surface area contributed by atoms with Crippen LogP contribution in [-0.2, 0) is 0 Å². The van der Waals surface area contributed by atoms with E-state index in [9.17, 15) is 9.90 Å². The van der Waals surface area contributed by atoms with Gasteiger partial charge in [-0.05, 0) is 24.6 Å². The zero-order chi connectivity index (χ0) is 19.5. The third kappa shape index (κ3) is 3.44. The largest absolute Gasteiger partial charge is 0.394 e. The minimum Gasteiger partial charge on any atom is -0.394 e. The number of aliphatic hydroxyl groups excluding tert-OH is 1. The van der Waals surface area contributed by atoms with Gasteiger partial charge in [0.1, 0.15) is 5.01 Å². The molecule has 0 saturated carbocycles. The number of aromatic nitrogens is 2. The molecular formula is C22H21N3O2S. The van der Waals surface area contributed by atoms with Crippen LogP contribution in [0.1, 0.15) is 23.7 Å². The summed E-state index contributed by atoms with van der Waals surface area (Å²) < 4.78 is 1.98. The SMILES string of the molecule is CC[C@@H](CO)NC(=O)c1cc(-c2csc(-c3ccccc3)n2)n2ccccc12. The number of hydrogen-bond donors (Lipinski definition) is 2. The monoisotopic (exact) mass is 391 g/mol. The number of carbonyl (C=O) groups is 1. The molecule has 1 aromatic carbocycles. The van der Waals surface area contributed by atoms with Gasteiger partial charge < -0.3 is 14.8 Å². The number of aliphatic hydroxyl groups is 1. The fourth-order valence-electron chi connectivity index (χ4n) is 3.18. The van der Waals surface area contributed by atoms with Gasteiger partial charge in [-0.25, -0.2) is 4.98 Å². The fraction of sp³-hybridized carbons (Fsp3) is 0.182. The number of amides is 1. The molecule has 0 aliphatic heterocycles. The number of benzene rings is 1. The molecule has 1 amide bonds. The molecule has 2 N–H and O–H groups in total. The summed E-state index contributed by atoms with van der Waals surface area (Å²) in [5.41, 5.74) is 4.18. The molecule has 28 heavy (non-hydrogen) atoms. The molecule has 6 heteroatoms. The van der Waals surface area contributed by atoms with Crippen LogP contribution in [0.15, 0.2) is 66.2 Å². The molecule has 0 fully saturated rings. The van der Waals surface area contributed by atoms with Crippen molar-refractivity contribution in [2.24, 2.45) is 0 Å². The van der Waals surface area contributed by atoms with Gasteiger partial charge in [0, 0.05) is 17.1 Å². The van der Waals surface area contributed by atoms with E-state index in [4.69, 9.17) is 4.98 Å². The highest BCUT2D eigenvalue weighted by Crippen LogP contribution is 2.31. The molecule has 0 aliphatic carbocycles. The van der Waals surface area contributed by atoms with Crippen LogP contribution < -0.4 is 5.32 Å². The lowest BCUT2D eigenvalue weighted by atomic mass is 10.2. The Morgan fingerprint density at radius 1 is 1.21 bits per heavy atom. The van der Waals surface area contributed by atoms with Gasteiger partial charge in [-0.15, -0.1) is 11.3 Å². The van der Waals surface area contributed by atoms with Crippen molar-refractivity contribution < 1.29 is 9.90 Å². The molecule has 5 nitrogen and oxygen atoms in total. The molecule has 142 valence electrons. The average Bonchev–Trinajstić information content (AvgIpc) is 3.37. The van der Waals surface area contributed by atoms with E-state index in [-0.39, 0.29) is 18.6 Å². The third-order valence-corrected chi connectivity index (χ3v) is 5.65. The van der Waals surface area contributed by atoms with Crippen LogP contribution in [0.25, 0.3) is 27.5 Å². The quantitative estimate of drug-likeness (QED) is 0.517. The van der Waals surface area contributed by atoms with Crippen molar-refractivity contribution in [1.82, 2.24) is 14.7 Å². The molecule has 0 bridgehead atoms. The van der Waals surface area contributed by atoms with Crippen molar-refractivity contribution in [1.29, 1.82) is 0 Å². The van der Waals surface area contributed by atoms with Crippen LogP contribution >= 0.6 is 11.3 Å². The number of hydrogen-bond acceptors (Lipinski definition) is 4. The summed E-state index contributed by atoms with van der Waals surface area (Å²) in [5.74, 6) is -0.186. The number of thiazole rings is 1. The lowest BCUT2D eigenvalue weighted by Crippen LogP contribution is -2.36. The van der Waals surface area contributed by atoms with Gasteiger partial charge in [0.15, 0.2) is 0 Å². The molecule has 3 heterocycles. The summed E-state index contributed by atoms with van der Waals surface area (Å²) in [6, 6.07) is 17.4. The molecule has 4 aromatic rings. The first-order valence-electron chi connectivity index (χ1n) is 9.24. The second-order valence-electron chi connectivity index (χ2n) is 6.56. The number of pyridine rings is 1. The van der Waals surface area contributed by atoms with Gasteiger partial charge >= 0.3 is 0 Å². The summed E-state index contributed by atoms with van der Waals surface area (Å²) in [4.78, 5) is 17.6. The Bertz CT molecular complexity index is 1100. The molecule has 0 aliphatic rings. The molecule has 4 rings (SSSR count). The highest BCUT2D eigenvalue weighted by Gasteiger charge is 2.19. The Kier molecular flexibility index (Phi) is 5.23. The van der Waals surface area contributed by atoms with Crippen LogP contribution in [0.4, 0.5) is 0 Å². The lowest BCUT2D eigenvalue weighted by Gasteiger charge is -2.13. The van der Waals surface area contributed by atoms with Crippen LogP contribution in [0.2, 0.25) is 0 Å². The average molecular weight is 391 g/mol. The topological polar surface area (TPSA) is 66.6 Å². The molecule has 0 radical (unpaired) electrons. The van der Waals surface area contributed by atoms with Crippen LogP contribution in [0, 0.1) is 0 Å². The number of fused-ring (bicyclic) bond motifs is 1. The maximum atomic E-state index is 12.8. The first-order valence-corrected chi connectivity index (χ1v) is 10.1. The van der Waals surface area contributed by atoms with Crippen molar-refractivity contribution in [3.63, 3.8) is 0 Å². The second kappa shape index (κ2) is 7.96. The number of rotatable bonds is 6. The smallest absolute Gasteiger partial charge is 0.253 e. The van der Waals surface area contributed by atoms with Gasteiger partial charge in [-0.2, -0.15) is 0 Å². The molecular weight excluding hydrogens is 370 g/mol. The fourth-order valence-corrected chi connectivity index (χ4v) is 4.00. The number of carbonyl (C=O) groups excluding carboxylic acids is 1. The number of nitrogens with one attached hydrogen (secondary N) is 1. The minimum absolute atomic E-state index is 0.0760. The maximum absolute atomic E-state index is 12.8. The Balaban J connectivity index is 1.75. The van der Waals surface area contributed by atoms with E-state index < -0.39 is 0 Å². The Morgan fingerprint density at radius 3 is 2.75 bits per heavy atom. The molecule has 0 spiro atoms. The maximum Gasteiger partial charge on any atom is 0.253 e. The Labute approximate surface area is 167 Å². The van der Waals surface area contributed by atoms with Gasteiger partial charge in [0.05, 0.1) is 35.1 Å². The number of nitrogens with zero attached hydrogens (tertiary/aromatic N) is 2. The molecule has 0 saturated heterocycles. The van der Waals surface area contributed by atoms with Gasteiger partial charge in [-0.1, -0.05) is 43.3 Å². The van der Waals surface area contributed by atoms with Crippen LogP contribution in [0.3, 0.4) is 0 Å². The van der Waals surface area contributed by atoms with E-state index >= 15 is 0 Å². The van der Waals surface area contributed by atoms with Crippen molar-refractivity contribution in [2.45, 2.75) is 19.4 Å². The first-order chi connectivity index (χ1) is 13.7. The highest BCUT2D eigenvalue weighted by molar-refractivity contribution is 7.13. The molecule has 1 atom stereocenters. The summed E-state index contributed by atoms with van der Waals surface area (Å²) in [6.07, 6.45) is 2.61. The van der Waals surface area contributed by atoms with Crippen molar-refractivity contribution in [2.75, 3.05) is 6.61 Å². The van der Waals surface area contributed by atoms with Crippen molar-refractivity contribution in [3.05, 3.63) is 71.7 Å². The lowest BCUT2D eigenvalue weighted by molar-refractivity contribution is 0.0916. The zero-order valence-electron chi connectivity index (χ0n) is 15.5. The van der Waals surface area contributed by atoms with Crippen LogP contribution in [-0.4, -0.2) is 33.0 Å². The van der Waals surface area contributed by atoms with E-state index in [0.29, 0.717) is 12.0 Å². The standard InChI is InChI=1S/C22H21N3O2S/c1-2-16(13-26)23-21(27)17-12-20(25-11-7-6-10-19(17)25)18-14-28-22(24-18)15-8-4-3-5-9-15/h3-12,14,16,26H,2,13H2,1H3,(H,23,27)/t16-/m0/s1. The Hall–Kier alpha value is -2.96. The van der Waals surface area contributed by atoms with Gasteiger partial charge in [0.25, 0.3) is 5.91 Å². The Morgan fingerprint density at radius 2 is 2.00 bits per heavy atom. The van der Waals surface area contributed by atoms with Crippen molar-refractivity contribution >= 4 is 22.8 Å². The zero-order valence-corrected chi connectivity index (χ0v) is 16.3. The van der Waals surface area contributed by atoms with Gasteiger partial charge in [-0.3, -0.25) is 4.79 Å². The predicted octanol–water partition coefficient (Wildman–Crippen LogP) is 4.23. The van der Waals surface area contributed by atoms with E-state index in [1.807, 2.05) is 77.5 Å². The summed E-state index contributed by atoms with van der Waals surface area (Å²) in [5, 5.41) is 15.3. The second-order valence-corrected chi connectivity index (χ2v) is 7.42. The summed E-state index contributed by atoms with van der Waals surface area (Å²) >= 11 is 1.58. The van der Waals surface area contributed by atoms with E-state index in [1.165, 1.54) is 0 Å². The summed E-state index contributed by atoms with van der Waals surface area (Å²) in [6.45, 7) is 1.86. The van der Waals surface area contributed by atoms with Gasteiger partial charge in [0.2, 0.25) is 0 Å². The predicted molar refractivity (Wildman–Crippen MR) is 113 cm³/mol. The van der Waals surface area contributed by atoms with E-state index in [2.05, 4.69) is 5.32 Å². The highest BCUT2D eigenvalue weighted by atomic mass is 32.1. The van der Waals surface area contributed by atoms with E-state index in [0.717, 1.165) is 27.5 Å². The molecule has 0 unspecified atom stereocenters. The normalized spacial score (nSPS) is 12.2. The summed E-state index contributed by atoms with van der Waals surface area (Å²) in [7, 11) is 0. The first kappa shape index (κ1) is 18.4. The third-order valence-electron chi connectivity index (χ3n) is 4.76. The minimum atomic E-state index is -0.251. The molecule has 3 aromatic heterocycles. The van der Waals surface area contributed by atoms with E-state index in [1.54, 1.807) is 11.3 Å².